The average molecular weight is 262 g/mol. The number of fused-ring (bicyclic) bond motifs is 2. The SMILES string of the molecule is COc1ccc2c(c1)C1(CCNCC1)CN2CCO. The lowest BCUT2D eigenvalue weighted by Crippen LogP contribution is -2.43. The van der Waals surface area contributed by atoms with Gasteiger partial charge in [-0.15, -0.1) is 0 Å². The summed E-state index contributed by atoms with van der Waals surface area (Å²) in [5, 5.41) is 12.7. The Morgan fingerprint density at radius 1 is 1.37 bits per heavy atom. The molecule has 0 amide bonds. The molecule has 2 aliphatic heterocycles. The van der Waals surface area contributed by atoms with Gasteiger partial charge in [0.25, 0.3) is 0 Å². The van der Waals surface area contributed by atoms with Gasteiger partial charge in [0.15, 0.2) is 0 Å². The molecule has 1 aromatic rings. The van der Waals surface area contributed by atoms with Gasteiger partial charge in [0.1, 0.15) is 5.75 Å². The third-order valence-corrected chi connectivity index (χ3v) is 4.54. The van der Waals surface area contributed by atoms with Crippen molar-refractivity contribution in [1.82, 2.24) is 5.32 Å². The monoisotopic (exact) mass is 262 g/mol. The molecule has 1 spiro atoms. The second-order valence-corrected chi connectivity index (χ2v) is 5.56. The molecule has 1 aromatic carbocycles. The molecule has 0 radical (unpaired) electrons. The highest BCUT2D eigenvalue weighted by atomic mass is 16.5. The number of hydrogen-bond donors (Lipinski definition) is 2. The van der Waals surface area contributed by atoms with Crippen LogP contribution < -0.4 is 15.0 Å². The normalized spacial score (nSPS) is 20.6. The van der Waals surface area contributed by atoms with E-state index in [1.165, 1.54) is 11.3 Å². The minimum atomic E-state index is 0.208. The van der Waals surface area contributed by atoms with Crippen LogP contribution in [0, 0.1) is 0 Å². The Labute approximate surface area is 114 Å². The van der Waals surface area contributed by atoms with E-state index in [2.05, 4.69) is 22.3 Å². The van der Waals surface area contributed by atoms with Gasteiger partial charge >= 0.3 is 0 Å². The second kappa shape index (κ2) is 5.02. The summed E-state index contributed by atoms with van der Waals surface area (Å²) < 4.78 is 5.39. The number of ether oxygens (including phenoxy) is 1. The first-order chi connectivity index (χ1) is 9.29. The second-order valence-electron chi connectivity index (χ2n) is 5.56. The van der Waals surface area contributed by atoms with Crippen molar-refractivity contribution in [3.63, 3.8) is 0 Å². The van der Waals surface area contributed by atoms with Gasteiger partial charge in [0, 0.05) is 24.2 Å². The molecule has 1 fully saturated rings. The van der Waals surface area contributed by atoms with Gasteiger partial charge in [-0.05, 0) is 49.7 Å². The highest BCUT2D eigenvalue weighted by molar-refractivity contribution is 5.65. The van der Waals surface area contributed by atoms with Crippen LogP contribution >= 0.6 is 0 Å². The molecule has 19 heavy (non-hydrogen) atoms. The van der Waals surface area contributed by atoms with Crippen molar-refractivity contribution in [3.8, 4) is 5.75 Å². The molecule has 2 heterocycles. The molecule has 0 atom stereocenters. The van der Waals surface area contributed by atoms with Crippen LogP contribution in [0.25, 0.3) is 0 Å². The summed E-state index contributed by atoms with van der Waals surface area (Å²) in [5.74, 6) is 0.933. The molecule has 0 aromatic heterocycles. The maximum Gasteiger partial charge on any atom is 0.119 e. The van der Waals surface area contributed by atoms with E-state index in [1.54, 1.807) is 7.11 Å². The van der Waals surface area contributed by atoms with E-state index in [0.717, 1.165) is 38.2 Å². The zero-order chi connectivity index (χ0) is 13.3. The minimum Gasteiger partial charge on any atom is -0.497 e. The van der Waals surface area contributed by atoms with Crippen LogP contribution in [-0.4, -0.2) is 45.0 Å². The van der Waals surface area contributed by atoms with E-state index in [0.29, 0.717) is 6.54 Å². The predicted octanol–water partition coefficient (Wildman–Crippen LogP) is 1.13. The first-order valence-corrected chi connectivity index (χ1v) is 7.04. The maximum absolute atomic E-state index is 9.26. The van der Waals surface area contributed by atoms with Crippen molar-refractivity contribution in [3.05, 3.63) is 23.8 Å². The van der Waals surface area contributed by atoms with Crippen molar-refractivity contribution in [2.45, 2.75) is 18.3 Å². The van der Waals surface area contributed by atoms with Gasteiger partial charge in [-0.3, -0.25) is 0 Å². The van der Waals surface area contributed by atoms with E-state index >= 15 is 0 Å². The highest BCUT2D eigenvalue weighted by Crippen LogP contribution is 2.47. The topological polar surface area (TPSA) is 44.7 Å². The summed E-state index contributed by atoms with van der Waals surface area (Å²) in [7, 11) is 1.72. The first-order valence-electron chi connectivity index (χ1n) is 7.04. The molecule has 104 valence electrons. The van der Waals surface area contributed by atoms with Crippen LogP contribution in [0.15, 0.2) is 18.2 Å². The number of β-amino-alcohol motifs (C(OH)–C–C–N with tert-alkyl or cyclic N) is 1. The summed E-state index contributed by atoms with van der Waals surface area (Å²) in [6, 6.07) is 6.35. The number of aliphatic hydroxyl groups is 1. The zero-order valence-corrected chi connectivity index (χ0v) is 11.5. The van der Waals surface area contributed by atoms with Crippen LogP contribution in [0.1, 0.15) is 18.4 Å². The third kappa shape index (κ3) is 2.09. The lowest BCUT2D eigenvalue weighted by molar-refractivity contribution is 0.290. The average Bonchev–Trinajstić information content (AvgIpc) is 2.74. The summed E-state index contributed by atoms with van der Waals surface area (Å²) in [5.41, 5.74) is 2.92. The smallest absolute Gasteiger partial charge is 0.119 e. The van der Waals surface area contributed by atoms with Crippen LogP contribution in [0.4, 0.5) is 5.69 Å². The van der Waals surface area contributed by atoms with E-state index in [9.17, 15) is 5.11 Å². The first kappa shape index (κ1) is 12.8. The van der Waals surface area contributed by atoms with Gasteiger partial charge in [-0.25, -0.2) is 0 Å². The van der Waals surface area contributed by atoms with Crippen LogP contribution in [-0.2, 0) is 5.41 Å². The van der Waals surface area contributed by atoms with Crippen molar-refractivity contribution >= 4 is 5.69 Å². The van der Waals surface area contributed by atoms with Crippen molar-refractivity contribution in [1.29, 1.82) is 0 Å². The molecule has 4 heteroatoms. The molecule has 0 unspecified atom stereocenters. The van der Waals surface area contributed by atoms with E-state index in [-0.39, 0.29) is 12.0 Å². The lowest BCUT2D eigenvalue weighted by atomic mass is 9.75. The quantitative estimate of drug-likeness (QED) is 0.857. The van der Waals surface area contributed by atoms with Gasteiger partial charge in [0.2, 0.25) is 0 Å². The number of nitrogens with zero attached hydrogens (tertiary/aromatic N) is 1. The molecular weight excluding hydrogens is 240 g/mol. The van der Waals surface area contributed by atoms with E-state index < -0.39 is 0 Å². The molecule has 2 aliphatic rings. The summed E-state index contributed by atoms with van der Waals surface area (Å²) in [6.45, 7) is 4.10. The Hall–Kier alpha value is -1.26. The molecule has 0 saturated carbocycles. The summed E-state index contributed by atoms with van der Waals surface area (Å²) in [4.78, 5) is 2.32. The van der Waals surface area contributed by atoms with Gasteiger partial charge in [0.05, 0.1) is 13.7 Å². The lowest BCUT2D eigenvalue weighted by Gasteiger charge is -2.35. The third-order valence-electron chi connectivity index (χ3n) is 4.54. The Bertz CT molecular complexity index is 455. The number of nitrogens with one attached hydrogen (secondary N) is 1. The molecule has 2 N–H and O–H groups in total. The largest absolute Gasteiger partial charge is 0.497 e. The number of piperidine rings is 1. The molecule has 4 nitrogen and oxygen atoms in total. The van der Waals surface area contributed by atoms with E-state index in [4.69, 9.17) is 4.74 Å². The Morgan fingerprint density at radius 2 is 2.16 bits per heavy atom. The van der Waals surface area contributed by atoms with Crippen LogP contribution in [0.5, 0.6) is 5.75 Å². The minimum absolute atomic E-state index is 0.208. The number of benzene rings is 1. The molecule has 0 aliphatic carbocycles. The molecule has 1 saturated heterocycles. The molecule has 3 rings (SSSR count). The fourth-order valence-corrected chi connectivity index (χ4v) is 3.53. The number of methoxy groups -OCH3 is 1. The van der Waals surface area contributed by atoms with Crippen LogP contribution in [0.3, 0.4) is 0 Å². The zero-order valence-electron chi connectivity index (χ0n) is 11.5. The van der Waals surface area contributed by atoms with Crippen molar-refractivity contribution in [2.75, 3.05) is 44.8 Å². The number of hydrogen-bond acceptors (Lipinski definition) is 4. The number of rotatable bonds is 3. The highest BCUT2D eigenvalue weighted by Gasteiger charge is 2.43. The summed E-state index contributed by atoms with van der Waals surface area (Å²) in [6.07, 6.45) is 2.32. The summed E-state index contributed by atoms with van der Waals surface area (Å²) >= 11 is 0. The standard InChI is InChI=1S/C15H22N2O2/c1-19-12-2-3-14-13(10-12)15(4-6-16-7-5-15)11-17(14)8-9-18/h2-3,10,16,18H,4-9,11H2,1H3. The van der Waals surface area contributed by atoms with E-state index in [1.807, 2.05) is 6.07 Å². The Balaban J connectivity index is 2.01. The Kier molecular flexibility index (Phi) is 3.37. The van der Waals surface area contributed by atoms with Crippen LogP contribution in [0.2, 0.25) is 0 Å². The maximum atomic E-state index is 9.26. The van der Waals surface area contributed by atoms with Gasteiger partial charge < -0.3 is 20.1 Å². The predicted molar refractivity (Wildman–Crippen MR) is 76.1 cm³/mol. The molecule has 0 bridgehead atoms. The van der Waals surface area contributed by atoms with Crippen molar-refractivity contribution < 1.29 is 9.84 Å². The van der Waals surface area contributed by atoms with Gasteiger partial charge in [-0.2, -0.15) is 0 Å². The fourth-order valence-electron chi connectivity index (χ4n) is 3.53. The van der Waals surface area contributed by atoms with Crippen molar-refractivity contribution in [2.24, 2.45) is 0 Å². The molecular formula is C15H22N2O2. The fraction of sp³-hybridized carbons (Fsp3) is 0.600. The van der Waals surface area contributed by atoms with Gasteiger partial charge in [-0.1, -0.05) is 0 Å². The number of aliphatic hydroxyl groups excluding tert-OH is 1. The number of anilines is 1. The Morgan fingerprint density at radius 3 is 2.84 bits per heavy atom.